The molecule has 3 rings (SSSR count). The monoisotopic (exact) mass is 337 g/mol. The second-order valence-corrected chi connectivity index (χ2v) is 6.47. The maximum Gasteiger partial charge on any atom is 0.230 e. The van der Waals surface area contributed by atoms with Gasteiger partial charge in [-0.2, -0.15) is 0 Å². The average Bonchev–Trinajstić information content (AvgIpc) is 2.65. The van der Waals surface area contributed by atoms with Crippen LogP contribution in [0.2, 0.25) is 0 Å². The van der Waals surface area contributed by atoms with Gasteiger partial charge in [-0.05, 0) is 40.6 Å². The number of nitrogens with one attached hydrogen (secondary N) is 1. The normalized spacial score (nSPS) is 10.5. The van der Waals surface area contributed by atoms with E-state index in [9.17, 15) is 4.79 Å². The Morgan fingerprint density at radius 3 is 2.50 bits per heavy atom. The number of carbonyl (C=O) groups excluding carboxylic acids is 1. The summed E-state index contributed by atoms with van der Waals surface area (Å²) in [7, 11) is 1.64. The summed E-state index contributed by atoms with van der Waals surface area (Å²) in [5.41, 5.74) is 1.06. The molecule has 0 aliphatic heterocycles. The molecule has 3 aromatic carbocycles. The Kier molecular flexibility index (Phi) is 5.39. The van der Waals surface area contributed by atoms with E-state index in [0.29, 0.717) is 12.3 Å². The molecule has 0 aliphatic rings. The van der Waals surface area contributed by atoms with Crippen LogP contribution >= 0.6 is 11.8 Å². The van der Waals surface area contributed by atoms with Crippen LogP contribution in [0.5, 0.6) is 5.75 Å². The Balaban J connectivity index is 1.50. The zero-order valence-electron chi connectivity index (χ0n) is 13.5. The fourth-order valence-electron chi connectivity index (χ4n) is 2.40. The minimum absolute atomic E-state index is 0.0315. The second-order valence-electron chi connectivity index (χ2n) is 5.42. The van der Waals surface area contributed by atoms with Gasteiger partial charge in [0.2, 0.25) is 5.91 Å². The maximum absolute atomic E-state index is 12.0. The van der Waals surface area contributed by atoms with Crippen LogP contribution in [0.4, 0.5) is 0 Å². The van der Waals surface area contributed by atoms with Crippen molar-refractivity contribution in [1.82, 2.24) is 5.32 Å². The van der Waals surface area contributed by atoms with Gasteiger partial charge in [0.1, 0.15) is 5.75 Å². The number of amides is 1. The van der Waals surface area contributed by atoms with Gasteiger partial charge in [0.15, 0.2) is 0 Å². The molecule has 3 aromatic rings. The molecule has 0 saturated carbocycles. The molecule has 0 aliphatic carbocycles. The molecule has 3 nitrogen and oxygen atoms in total. The average molecular weight is 337 g/mol. The zero-order valence-corrected chi connectivity index (χ0v) is 14.3. The highest BCUT2D eigenvalue weighted by Crippen LogP contribution is 2.23. The number of ether oxygens (including phenoxy) is 1. The third-order valence-corrected chi connectivity index (χ3v) is 4.73. The molecular formula is C20H19NO2S. The van der Waals surface area contributed by atoms with Crippen molar-refractivity contribution in [1.29, 1.82) is 0 Å². The lowest BCUT2D eigenvalue weighted by Gasteiger charge is -2.07. The molecule has 0 bridgehead atoms. The van der Waals surface area contributed by atoms with E-state index in [-0.39, 0.29) is 5.91 Å². The standard InChI is InChI=1S/C20H19NO2S/c1-23-18-9-6-15(7-10-18)13-21-20(22)14-24-19-11-8-16-4-2-3-5-17(16)12-19/h2-12H,13-14H2,1H3,(H,21,22). The summed E-state index contributed by atoms with van der Waals surface area (Å²) in [5.74, 6) is 1.26. The van der Waals surface area contributed by atoms with Gasteiger partial charge >= 0.3 is 0 Å². The van der Waals surface area contributed by atoms with Gasteiger partial charge in [-0.15, -0.1) is 11.8 Å². The van der Waals surface area contributed by atoms with Crippen LogP contribution in [0.3, 0.4) is 0 Å². The van der Waals surface area contributed by atoms with E-state index in [1.807, 2.05) is 36.4 Å². The summed E-state index contributed by atoms with van der Waals surface area (Å²) in [5, 5.41) is 5.35. The maximum atomic E-state index is 12.0. The molecule has 0 fully saturated rings. The third-order valence-electron chi connectivity index (χ3n) is 3.74. The van der Waals surface area contributed by atoms with Gasteiger partial charge in [-0.1, -0.05) is 42.5 Å². The number of thioether (sulfide) groups is 1. The van der Waals surface area contributed by atoms with Crippen molar-refractivity contribution in [3.8, 4) is 5.75 Å². The summed E-state index contributed by atoms with van der Waals surface area (Å²) in [4.78, 5) is 13.1. The first-order chi connectivity index (χ1) is 11.7. The van der Waals surface area contributed by atoms with Crippen molar-refractivity contribution < 1.29 is 9.53 Å². The lowest BCUT2D eigenvalue weighted by molar-refractivity contribution is -0.118. The topological polar surface area (TPSA) is 38.3 Å². The fourth-order valence-corrected chi connectivity index (χ4v) is 3.18. The molecule has 0 atom stereocenters. The molecule has 0 spiro atoms. The van der Waals surface area contributed by atoms with Crippen molar-refractivity contribution >= 4 is 28.4 Å². The number of rotatable bonds is 6. The summed E-state index contributed by atoms with van der Waals surface area (Å²) in [6, 6.07) is 22.2. The van der Waals surface area contributed by atoms with Crippen molar-refractivity contribution in [2.75, 3.05) is 12.9 Å². The Morgan fingerprint density at radius 2 is 1.75 bits per heavy atom. The van der Waals surface area contributed by atoms with Crippen molar-refractivity contribution in [2.24, 2.45) is 0 Å². The van der Waals surface area contributed by atoms with Crippen LogP contribution in [0, 0.1) is 0 Å². The van der Waals surface area contributed by atoms with E-state index in [1.54, 1.807) is 18.9 Å². The Bertz CT molecular complexity index is 830. The summed E-state index contributed by atoms with van der Waals surface area (Å²) in [6.07, 6.45) is 0. The first kappa shape index (κ1) is 16.4. The number of hydrogen-bond acceptors (Lipinski definition) is 3. The van der Waals surface area contributed by atoms with Crippen LogP contribution in [-0.2, 0) is 11.3 Å². The van der Waals surface area contributed by atoms with Gasteiger partial charge in [-0.3, -0.25) is 4.79 Å². The summed E-state index contributed by atoms with van der Waals surface area (Å²) < 4.78 is 5.12. The quantitative estimate of drug-likeness (QED) is 0.683. The highest BCUT2D eigenvalue weighted by Gasteiger charge is 2.04. The van der Waals surface area contributed by atoms with E-state index >= 15 is 0 Å². The van der Waals surface area contributed by atoms with Crippen molar-refractivity contribution in [3.05, 3.63) is 72.3 Å². The van der Waals surface area contributed by atoms with Gasteiger partial charge in [-0.25, -0.2) is 0 Å². The molecular weight excluding hydrogens is 318 g/mol. The number of benzene rings is 3. The van der Waals surface area contributed by atoms with Gasteiger partial charge in [0, 0.05) is 11.4 Å². The highest BCUT2D eigenvalue weighted by atomic mass is 32.2. The predicted molar refractivity (Wildman–Crippen MR) is 99.5 cm³/mol. The SMILES string of the molecule is COc1ccc(CNC(=O)CSc2ccc3ccccc3c2)cc1. The summed E-state index contributed by atoms with van der Waals surface area (Å²) in [6.45, 7) is 0.529. The lowest BCUT2D eigenvalue weighted by Crippen LogP contribution is -2.24. The zero-order chi connectivity index (χ0) is 16.8. The van der Waals surface area contributed by atoms with E-state index in [4.69, 9.17) is 4.74 Å². The molecule has 0 radical (unpaired) electrons. The van der Waals surface area contributed by atoms with Crippen LogP contribution < -0.4 is 10.1 Å². The molecule has 0 unspecified atom stereocenters. The van der Waals surface area contributed by atoms with Gasteiger partial charge in [0.05, 0.1) is 12.9 Å². The molecule has 4 heteroatoms. The van der Waals surface area contributed by atoms with E-state index in [1.165, 1.54) is 10.8 Å². The van der Waals surface area contributed by atoms with Gasteiger partial charge < -0.3 is 10.1 Å². The van der Waals surface area contributed by atoms with Gasteiger partial charge in [0.25, 0.3) is 0 Å². The smallest absolute Gasteiger partial charge is 0.230 e. The van der Waals surface area contributed by atoms with Crippen LogP contribution in [0.1, 0.15) is 5.56 Å². The van der Waals surface area contributed by atoms with Crippen LogP contribution in [-0.4, -0.2) is 18.8 Å². The molecule has 1 N–H and O–H groups in total. The molecule has 0 saturated heterocycles. The molecule has 0 heterocycles. The van der Waals surface area contributed by atoms with E-state index < -0.39 is 0 Å². The van der Waals surface area contributed by atoms with Crippen molar-refractivity contribution in [2.45, 2.75) is 11.4 Å². The first-order valence-electron chi connectivity index (χ1n) is 7.76. The molecule has 122 valence electrons. The van der Waals surface area contributed by atoms with E-state index in [0.717, 1.165) is 16.2 Å². The van der Waals surface area contributed by atoms with Crippen molar-refractivity contribution in [3.63, 3.8) is 0 Å². The number of methoxy groups -OCH3 is 1. The molecule has 0 aromatic heterocycles. The van der Waals surface area contributed by atoms with Crippen LogP contribution in [0.25, 0.3) is 10.8 Å². The number of fused-ring (bicyclic) bond motifs is 1. The Morgan fingerprint density at radius 1 is 1.00 bits per heavy atom. The number of carbonyl (C=O) groups is 1. The predicted octanol–water partition coefficient (Wildman–Crippen LogP) is 4.26. The molecule has 24 heavy (non-hydrogen) atoms. The minimum atomic E-state index is 0.0315. The number of hydrogen-bond donors (Lipinski definition) is 1. The first-order valence-corrected chi connectivity index (χ1v) is 8.74. The Labute approximate surface area is 146 Å². The lowest BCUT2D eigenvalue weighted by atomic mass is 10.1. The fraction of sp³-hybridized carbons (Fsp3) is 0.150. The molecule has 1 amide bonds. The van der Waals surface area contributed by atoms with E-state index in [2.05, 4.69) is 35.6 Å². The second kappa shape index (κ2) is 7.88. The minimum Gasteiger partial charge on any atom is -0.497 e. The van der Waals surface area contributed by atoms with Crippen LogP contribution in [0.15, 0.2) is 71.6 Å². The summed E-state index contributed by atoms with van der Waals surface area (Å²) >= 11 is 1.55. The Hall–Kier alpha value is -2.46. The third kappa shape index (κ3) is 4.30. The highest BCUT2D eigenvalue weighted by molar-refractivity contribution is 8.00. The largest absolute Gasteiger partial charge is 0.497 e.